The van der Waals surface area contributed by atoms with E-state index in [0.29, 0.717) is 12.8 Å². The first-order chi connectivity index (χ1) is 9.63. The summed E-state index contributed by atoms with van der Waals surface area (Å²) < 4.78 is 5.92. The topological polar surface area (TPSA) is 46.6 Å². The Morgan fingerprint density at radius 1 is 1.35 bits per heavy atom. The first-order valence-electron chi connectivity index (χ1n) is 6.79. The summed E-state index contributed by atoms with van der Waals surface area (Å²) in [7, 11) is 1.38. The van der Waals surface area contributed by atoms with Gasteiger partial charge in [0.1, 0.15) is 6.04 Å². The number of ether oxygens (including phenoxy) is 1. The van der Waals surface area contributed by atoms with Crippen molar-refractivity contribution in [2.24, 2.45) is 0 Å². The fraction of sp³-hybridized carbons (Fsp3) is 0.467. The standard InChI is InChI=1S/C15H16BrNO3/c1-20-15(19)13-7-8-14(18)17(13)12-6-5-9-10(12)3-2-4-11(9)16/h2-4,12-13H,5-8H2,1H3. The fourth-order valence-electron chi connectivity index (χ4n) is 3.34. The number of rotatable bonds is 2. The van der Waals surface area contributed by atoms with Crippen LogP contribution in [0, 0.1) is 0 Å². The van der Waals surface area contributed by atoms with Gasteiger partial charge in [-0.25, -0.2) is 4.79 Å². The highest BCUT2D eigenvalue weighted by atomic mass is 79.9. The Hall–Kier alpha value is -1.36. The average molecular weight is 338 g/mol. The third kappa shape index (κ3) is 2.04. The van der Waals surface area contributed by atoms with Crippen molar-refractivity contribution in [2.45, 2.75) is 37.8 Å². The van der Waals surface area contributed by atoms with Gasteiger partial charge in [0.05, 0.1) is 13.2 Å². The smallest absolute Gasteiger partial charge is 0.328 e. The Kier molecular flexibility index (Phi) is 3.54. The van der Waals surface area contributed by atoms with E-state index in [9.17, 15) is 9.59 Å². The molecule has 1 aromatic rings. The summed E-state index contributed by atoms with van der Waals surface area (Å²) in [6, 6.07) is 5.63. The van der Waals surface area contributed by atoms with Crippen LogP contribution in [-0.2, 0) is 20.7 Å². The highest BCUT2D eigenvalue weighted by molar-refractivity contribution is 9.10. The molecule has 0 N–H and O–H groups in total. The highest BCUT2D eigenvalue weighted by Crippen LogP contribution is 2.42. The summed E-state index contributed by atoms with van der Waals surface area (Å²) >= 11 is 3.56. The van der Waals surface area contributed by atoms with Crippen LogP contribution in [0.25, 0.3) is 0 Å². The Morgan fingerprint density at radius 3 is 2.90 bits per heavy atom. The van der Waals surface area contributed by atoms with E-state index >= 15 is 0 Å². The zero-order valence-corrected chi connectivity index (χ0v) is 12.9. The number of benzene rings is 1. The van der Waals surface area contributed by atoms with Crippen LogP contribution in [0.15, 0.2) is 22.7 Å². The van der Waals surface area contributed by atoms with Crippen molar-refractivity contribution < 1.29 is 14.3 Å². The summed E-state index contributed by atoms with van der Waals surface area (Å²) in [6.07, 6.45) is 2.79. The second kappa shape index (κ2) is 5.20. The number of hydrogen-bond donors (Lipinski definition) is 0. The number of fused-ring (bicyclic) bond motifs is 1. The summed E-state index contributed by atoms with van der Waals surface area (Å²) in [5, 5.41) is 0. The maximum atomic E-state index is 12.2. The molecular formula is C15H16BrNO3. The SMILES string of the molecule is COC(=O)C1CCC(=O)N1C1CCc2c(Br)cccc21. The molecule has 4 nitrogen and oxygen atoms in total. The quantitative estimate of drug-likeness (QED) is 0.779. The summed E-state index contributed by atoms with van der Waals surface area (Å²) in [6.45, 7) is 0. The highest BCUT2D eigenvalue weighted by Gasteiger charge is 2.43. The van der Waals surface area contributed by atoms with Gasteiger partial charge in [-0.15, -0.1) is 0 Å². The van der Waals surface area contributed by atoms with Gasteiger partial charge in [-0.3, -0.25) is 4.79 Å². The molecule has 0 saturated carbocycles. The van der Waals surface area contributed by atoms with Gasteiger partial charge in [0.15, 0.2) is 0 Å². The predicted molar refractivity (Wildman–Crippen MR) is 77.1 cm³/mol. The Morgan fingerprint density at radius 2 is 2.15 bits per heavy atom. The minimum atomic E-state index is -0.428. The summed E-state index contributed by atoms with van der Waals surface area (Å²) in [5.41, 5.74) is 2.41. The van der Waals surface area contributed by atoms with E-state index in [1.54, 1.807) is 4.90 Å². The molecule has 2 aliphatic rings. The van der Waals surface area contributed by atoms with Gasteiger partial charge in [-0.05, 0) is 36.5 Å². The molecule has 5 heteroatoms. The van der Waals surface area contributed by atoms with Crippen LogP contribution in [0.3, 0.4) is 0 Å². The molecule has 1 saturated heterocycles. The van der Waals surface area contributed by atoms with Crippen molar-refractivity contribution in [3.63, 3.8) is 0 Å². The van der Waals surface area contributed by atoms with Crippen molar-refractivity contribution in [2.75, 3.05) is 7.11 Å². The monoisotopic (exact) mass is 337 g/mol. The van der Waals surface area contributed by atoms with E-state index in [1.807, 2.05) is 12.1 Å². The third-order valence-electron chi connectivity index (χ3n) is 4.25. The van der Waals surface area contributed by atoms with Gasteiger partial charge in [-0.2, -0.15) is 0 Å². The van der Waals surface area contributed by atoms with E-state index in [-0.39, 0.29) is 17.9 Å². The van der Waals surface area contributed by atoms with Gasteiger partial charge in [0.2, 0.25) is 5.91 Å². The minimum Gasteiger partial charge on any atom is -0.467 e. The number of halogens is 1. The average Bonchev–Trinajstić information content (AvgIpc) is 3.02. The zero-order valence-electron chi connectivity index (χ0n) is 11.3. The molecule has 1 fully saturated rings. The van der Waals surface area contributed by atoms with Crippen molar-refractivity contribution in [1.82, 2.24) is 4.90 Å². The van der Waals surface area contributed by atoms with Gasteiger partial charge < -0.3 is 9.64 Å². The maximum Gasteiger partial charge on any atom is 0.328 e. The van der Waals surface area contributed by atoms with Crippen LogP contribution in [0.1, 0.15) is 36.4 Å². The number of likely N-dealkylation sites (tertiary alicyclic amines) is 1. The molecule has 2 atom stereocenters. The fourth-order valence-corrected chi connectivity index (χ4v) is 3.92. The number of carbonyl (C=O) groups is 2. The molecule has 1 amide bonds. The van der Waals surface area contributed by atoms with Crippen LogP contribution in [0.5, 0.6) is 0 Å². The molecular weight excluding hydrogens is 322 g/mol. The Bertz CT molecular complexity index is 572. The molecule has 2 unspecified atom stereocenters. The Labute approximate surface area is 126 Å². The maximum absolute atomic E-state index is 12.2. The lowest BCUT2D eigenvalue weighted by molar-refractivity contribution is -0.150. The van der Waals surface area contributed by atoms with Crippen molar-refractivity contribution in [3.05, 3.63) is 33.8 Å². The van der Waals surface area contributed by atoms with Gasteiger partial charge in [0, 0.05) is 10.9 Å². The second-order valence-electron chi connectivity index (χ2n) is 5.24. The van der Waals surface area contributed by atoms with Crippen LogP contribution in [-0.4, -0.2) is 29.9 Å². The number of hydrogen-bond acceptors (Lipinski definition) is 3. The number of esters is 1. The van der Waals surface area contributed by atoms with Gasteiger partial charge in [-0.1, -0.05) is 28.1 Å². The normalized spacial score (nSPS) is 24.9. The van der Waals surface area contributed by atoms with Crippen molar-refractivity contribution >= 4 is 27.8 Å². The second-order valence-corrected chi connectivity index (χ2v) is 6.10. The molecule has 0 spiro atoms. The van der Waals surface area contributed by atoms with Crippen LogP contribution >= 0.6 is 15.9 Å². The van der Waals surface area contributed by atoms with E-state index in [2.05, 4.69) is 22.0 Å². The molecule has 0 radical (unpaired) electrons. The molecule has 1 aromatic carbocycles. The first-order valence-corrected chi connectivity index (χ1v) is 7.59. The lowest BCUT2D eigenvalue weighted by atomic mass is 10.1. The van der Waals surface area contributed by atoms with Crippen LogP contribution < -0.4 is 0 Å². The zero-order chi connectivity index (χ0) is 14.3. The van der Waals surface area contributed by atoms with Crippen molar-refractivity contribution in [1.29, 1.82) is 0 Å². The van der Waals surface area contributed by atoms with Gasteiger partial charge >= 0.3 is 5.97 Å². The lowest BCUT2D eigenvalue weighted by Gasteiger charge is -2.30. The first kappa shape index (κ1) is 13.6. The molecule has 1 heterocycles. The number of carbonyl (C=O) groups excluding carboxylic acids is 2. The largest absolute Gasteiger partial charge is 0.467 e. The molecule has 106 valence electrons. The number of amides is 1. The third-order valence-corrected chi connectivity index (χ3v) is 4.99. The van der Waals surface area contributed by atoms with E-state index < -0.39 is 6.04 Å². The molecule has 1 aliphatic carbocycles. The van der Waals surface area contributed by atoms with E-state index in [1.165, 1.54) is 12.7 Å². The summed E-state index contributed by atoms with van der Waals surface area (Å²) in [4.78, 5) is 25.8. The van der Waals surface area contributed by atoms with E-state index in [0.717, 1.165) is 22.9 Å². The molecule has 3 rings (SSSR count). The van der Waals surface area contributed by atoms with Crippen molar-refractivity contribution in [3.8, 4) is 0 Å². The number of methoxy groups -OCH3 is 1. The molecule has 0 aromatic heterocycles. The molecule has 1 aliphatic heterocycles. The predicted octanol–water partition coefficient (Wildman–Crippen LogP) is 2.60. The van der Waals surface area contributed by atoms with Gasteiger partial charge in [0.25, 0.3) is 0 Å². The summed E-state index contributed by atoms with van der Waals surface area (Å²) in [5.74, 6) is -0.252. The van der Waals surface area contributed by atoms with E-state index in [4.69, 9.17) is 4.74 Å². The molecule has 20 heavy (non-hydrogen) atoms. The Balaban J connectivity index is 1.96. The molecule has 0 bridgehead atoms. The number of nitrogens with zero attached hydrogens (tertiary/aromatic N) is 1. The lowest BCUT2D eigenvalue weighted by Crippen LogP contribution is -2.41. The minimum absolute atomic E-state index is 0.00148. The van der Waals surface area contributed by atoms with Crippen LogP contribution in [0.2, 0.25) is 0 Å². The van der Waals surface area contributed by atoms with Crippen LogP contribution in [0.4, 0.5) is 0 Å².